The number of piperidine rings is 1. The molecule has 0 aromatic carbocycles. The molecule has 0 bridgehead atoms. The molecule has 0 saturated carbocycles. The fraction of sp³-hybridized carbons (Fsp3) is 0.571. The number of Topliss-reactive ketones (excluding diaryl/α,β-unsaturated/α-hetero) is 1. The van der Waals surface area contributed by atoms with Gasteiger partial charge in [0.05, 0.1) is 17.3 Å². The van der Waals surface area contributed by atoms with E-state index in [0.29, 0.717) is 13.1 Å². The van der Waals surface area contributed by atoms with Crippen LogP contribution in [0.5, 0.6) is 0 Å². The van der Waals surface area contributed by atoms with Crippen molar-refractivity contribution >= 4 is 23.0 Å². The van der Waals surface area contributed by atoms with Gasteiger partial charge in [-0.25, -0.2) is 0 Å². The molecule has 19 heavy (non-hydrogen) atoms. The van der Waals surface area contributed by atoms with Crippen molar-refractivity contribution in [2.75, 3.05) is 19.6 Å². The molecule has 0 radical (unpaired) electrons. The van der Waals surface area contributed by atoms with E-state index in [0.717, 1.165) is 29.1 Å². The predicted molar refractivity (Wildman–Crippen MR) is 74.5 cm³/mol. The highest BCUT2D eigenvalue weighted by Crippen LogP contribution is 2.27. The largest absolute Gasteiger partial charge is 0.354 e. The summed E-state index contributed by atoms with van der Waals surface area (Å²) >= 11 is 1.55. The first-order chi connectivity index (χ1) is 9.15. The lowest BCUT2D eigenvalue weighted by atomic mass is 9.91. The van der Waals surface area contributed by atoms with Crippen LogP contribution in [0.1, 0.15) is 27.4 Å². The monoisotopic (exact) mass is 278 g/mol. The fourth-order valence-corrected chi connectivity index (χ4v) is 3.88. The lowest BCUT2D eigenvalue weighted by molar-refractivity contribution is -0.124. The van der Waals surface area contributed by atoms with E-state index in [1.165, 1.54) is 0 Å². The van der Waals surface area contributed by atoms with Crippen molar-refractivity contribution in [3.05, 3.63) is 21.9 Å². The molecule has 2 aliphatic heterocycles. The highest BCUT2D eigenvalue weighted by Gasteiger charge is 2.41. The van der Waals surface area contributed by atoms with Crippen molar-refractivity contribution in [1.82, 2.24) is 10.2 Å². The Labute approximate surface area is 116 Å². The lowest BCUT2D eigenvalue weighted by Crippen LogP contribution is -2.47. The third-order valence-corrected chi connectivity index (χ3v) is 5.12. The van der Waals surface area contributed by atoms with Crippen molar-refractivity contribution in [2.24, 2.45) is 5.92 Å². The van der Waals surface area contributed by atoms with E-state index in [2.05, 4.69) is 10.2 Å². The van der Waals surface area contributed by atoms with Crippen LogP contribution in [0.3, 0.4) is 0 Å². The van der Waals surface area contributed by atoms with Gasteiger partial charge >= 0.3 is 0 Å². The van der Waals surface area contributed by atoms with Gasteiger partial charge in [-0.1, -0.05) is 0 Å². The van der Waals surface area contributed by atoms with E-state index in [-0.39, 0.29) is 23.7 Å². The van der Waals surface area contributed by atoms with Crippen molar-refractivity contribution < 1.29 is 9.59 Å². The molecule has 1 N–H and O–H groups in total. The highest BCUT2D eigenvalue weighted by atomic mass is 32.1. The number of nitrogens with one attached hydrogen (secondary N) is 1. The van der Waals surface area contributed by atoms with Gasteiger partial charge in [-0.15, -0.1) is 11.3 Å². The van der Waals surface area contributed by atoms with Crippen LogP contribution in [0.2, 0.25) is 0 Å². The summed E-state index contributed by atoms with van der Waals surface area (Å²) in [6, 6.07) is 4.10. The molecule has 0 spiro atoms. The van der Waals surface area contributed by atoms with Crippen LogP contribution in [-0.4, -0.2) is 42.3 Å². The summed E-state index contributed by atoms with van der Waals surface area (Å²) in [4.78, 5) is 28.1. The molecule has 2 unspecified atom stereocenters. The molecule has 3 heterocycles. The van der Waals surface area contributed by atoms with E-state index in [1.54, 1.807) is 11.3 Å². The summed E-state index contributed by atoms with van der Waals surface area (Å²) < 4.78 is 0. The number of ketones is 1. The molecule has 2 saturated heterocycles. The fourth-order valence-electron chi connectivity index (χ4n) is 3.08. The van der Waals surface area contributed by atoms with Crippen molar-refractivity contribution in [3.8, 4) is 0 Å². The van der Waals surface area contributed by atoms with Gasteiger partial charge in [0.25, 0.3) is 0 Å². The number of likely N-dealkylation sites (tertiary alicyclic amines) is 1. The topological polar surface area (TPSA) is 49.4 Å². The molecule has 2 atom stereocenters. The zero-order valence-electron chi connectivity index (χ0n) is 11.0. The Morgan fingerprint density at radius 1 is 1.53 bits per heavy atom. The van der Waals surface area contributed by atoms with E-state index in [1.807, 2.05) is 19.1 Å². The Balaban J connectivity index is 1.69. The van der Waals surface area contributed by atoms with Crippen molar-refractivity contribution in [2.45, 2.75) is 25.8 Å². The second kappa shape index (κ2) is 5.06. The number of hydrogen-bond acceptors (Lipinski definition) is 4. The molecule has 1 aromatic heterocycles. The molecule has 1 aromatic rings. The molecule has 4 nitrogen and oxygen atoms in total. The summed E-state index contributed by atoms with van der Waals surface area (Å²) in [5.41, 5.74) is 0. The van der Waals surface area contributed by atoms with Gasteiger partial charge in [-0.05, 0) is 38.4 Å². The van der Waals surface area contributed by atoms with Gasteiger partial charge < -0.3 is 5.32 Å². The number of nitrogens with zero attached hydrogens (tertiary/aromatic N) is 1. The molecule has 0 aliphatic carbocycles. The maximum Gasteiger partial charge on any atom is 0.224 e. The first kappa shape index (κ1) is 12.8. The normalized spacial score (nSPS) is 27.1. The average Bonchev–Trinajstić information content (AvgIpc) is 2.98. The molecule has 2 aliphatic rings. The first-order valence-corrected chi connectivity index (χ1v) is 7.58. The van der Waals surface area contributed by atoms with Gasteiger partial charge in [-0.3, -0.25) is 14.5 Å². The maximum absolute atomic E-state index is 12.3. The van der Waals surface area contributed by atoms with Crippen LogP contribution in [0.15, 0.2) is 12.1 Å². The van der Waals surface area contributed by atoms with Crippen LogP contribution < -0.4 is 5.32 Å². The zero-order valence-corrected chi connectivity index (χ0v) is 11.8. The Morgan fingerprint density at radius 3 is 3.11 bits per heavy atom. The van der Waals surface area contributed by atoms with Gasteiger partial charge in [0.15, 0.2) is 5.78 Å². The minimum Gasteiger partial charge on any atom is -0.354 e. The van der Waals surface area contributed by atoms with E-state index in [4.69, 9.17) is 0 Å². The Hall–Kier alpha value is -1.20. The molecule has 2 fully saturated rings. The molecule has 3 rings (SSSR count). The molecule has 102 valence electrons. The Morgan fingerprint density at radius 2 is 2.37 bits per heavy atom. The molecule has 5 heteroatoms. The summed E-state index contributed by atoms with van der Waals surface area (Å²) in [5.74, 6) is 0.429. The third kappa shape index (κ3) is 2.44. The SMILES string of the molecule is Cc1ccc(C(=O)CN2CCCC3C(=O)NCC32)s1. The van der Waals surface area contributed by atoms with Gasteiger partial charge in [0.2, 0.25) is 5.91 Å². The minimum absolute atomic E-state index is 0.0895. The van der Waals surface area contributed by atoms with E-state index in [9.17, 15) is 9.59 Å². The van der Waals surface area contributed by atoms with Gasteiger partial charge in [-0.2, -0.15) is 0 Å². The second-order valence-corrected chi connectivity index (χ2v) is 6.65. The first-order valence-electron chi connectivity index (χ1n) is 6.76. The Bertz CT molecular complexity index is 511. The second-order valence-electron chi connectivity index (χ2n) is 5.37. The number of hydrogen-bond donors (Lipinski definition) is 1. The number of thiophene rings is 1. The van der Waals surface area contributed by atoms with Crippen molar-refractivity contribution in [3.63, 3.8) is 0 Å². The quantitative estimate of drug-likeness (QED) is 0.851. The van der Waals surface area contributed by atoms with Crippen LogP contribution in [0.25, 0.3) is 0 Å². The maximum atomic E-state index is 12.3. The van der Waals surface area contributed by atoms with Gasteiger partial charge in [0.1, 0.15) is 0 Å². The highest BCUT2D eigenvalue weighted by molar-refractivity contribution is 7.14. The van der Waals surface area contributed by atoms with Crippen molar-refractivity contribution in [1.29, 1.82) is 0 Å². The average molecular weight is 278 g/mol. The smallest absolute Gasteiger partial charge is 0.224 e. The zero-order chi connectivity index (χ0) is 13.4. The van der Waals surface area contributed by atoms with E-state index >= 15 is 0 Å². The Kier molecular flexibility index (Phi) is 3.41. The van der Waals surface area contributed by atoms with Crippen LogP contribution in [-0.2, 0) is 4.79 Å². The van der Waals surface area contributed by atoms with Crippen LogP contribution >= 0.6 is 11.3 Å². The van der Waals surface area contributed by atoms with Crippen LogP contribution in [0, 0.1) is 12.8 Å². The van der Waals surface area contributed by atoms with Gasteiger partial charge in [0, 0.05) is 17.5 Å². The van der Waals surface area contributed by atoms with E-state index < -0.39 is 0 Å². The summed E-state index contributed by atoms with van der Waals surface area (Å²) in [7, 11) is 0. The summed E-state index contributed by atoms with van der Waals surface area (Å²) in [6.45, 7) is 4.07. The number of fused-ring (bicyclic) bond motifs is 1. The standard InChI is InChI=1S/C14H18N2O2S/c1-9-4-5-13(19-9)12(17)8-16-6-2-3-10-11(16)7-15-14(10)18/h4-5,10-11H,2-3,6-8H2,1H3,(H,15,18). The number of aryl methyl sites for hydroxylation is 1. The lowest BCUT2D eigenvalue weighted by Gasteiger charge is -2.35. The molecular weight excluding hydrogens is 260 g/mol. The summed E-state index contributed by atoms with van der Waals surface area (Å²) in [6.07, 6.45) is 1.96. The molecular formula is C14H18N2O2S. The number of amides is 1. The number of carbonyl (C=O) groups excluding carboxylic acids is 2. The molecule has 1 amide bonds. The summed E-state index contributed by atoms with van der Waals surface area (Å²) in [5, 5.41) is 2.92. The number of rotatable bonds is 3. The predicted octanol–water partition coefficient (Wildman–Crippen LogP) is 1.45. The number of carbonyl (C=O) groups is 2. The minimum atomic E-state index is 0.0895. The third-order valence-electron chi connectivity index (χ3n) is 4.08. The van der Waals surface area contributed by atoms with Crippen LogP contribution in [0.4, 0.5) is 0 Å².